The van der Waals surface area contributed by atoms with Gasteiger partial charge in [-0.1, -0.05) is 0 Å². The van der Waals surface area contributed by atoms with E-state index in [1.807, 2.05) is 19.1 Å². The SMILES string of the molecule is CCOc1ccc(-[n+]2cc(-c3ccc(N(C)C)cc3)n3c2CCCCC3)c(OC)c1.[Br-]. The van der Waals surface area contributed by atoms with Gasteiger partial charge in [0, 0.05) is 37.8 Å². The summed E-state index contributed by atoms with van der Waals surface area (Å²) in [7, 11) is 5.87. The van der Waals surface area contributed by atoms with E-state index in [2.05, 4.69) is 64.7 Å². The predicted molar refractivity (Wildman–Crippen MR) is 121 cm³/mol. The molecule has 2 heterocycles. The van der Waals surface area contributed by atoms with E-state index in [4.69, 9.17) is 9.47 Å². The summed E-state index contributed by atoms with van der Waals surface area (Å²) in [6.45, 7) is 3.69. The molecule has 0 N–H and O–H groups in total. The number of nitrogens with zero attached hydrogens (tertiary/aromatic N) is 3. The lowest BCUT2D eigenvalue weighted by molar-refractivity contribution is -0.604. The van der Waals surface area contributed by atoms with Crippen molar-refractivity contribution < 1.29 is 31.0 Å². The number of halogens is 1. The minimum Gasteiger partial charge on any atom is -1.00 e. The highest BCUT2D eigenvalue weighted by molar-refractivity contribution is 5.63. The van der Waals surface area contributed by atoms with Gasteiger partial charge in [-0.25, -0.2) is 4.57 Å². The zero-order valence-corrected chi connectivity index (χ0v) is 20.5. The Hall–Kier alpha value is -2.47. The van der Waals surface area contributed by atoms with Gasteiger partial charge < -0.3 is 31.4 Å². The molecule has 31 heavy (non-hydrogen) atoms. The Morgan fingerprint density at radius 1 is 1.03 bits per heavy atom. The molecule has 0 spiro atoms. The first kappa shape index (κ1) is 23.2. The molecule has 1 aliphatic heterocycles. The number of methoxy groups -OCH3 is 1. The average molecular weight is 486 g/mol. The third kappa shape index (κ3) is 4.74. The summed E-state index contributed by atoms with van der Waals surface area (Å²) >= 11 is 0. The van der Waals surface area contributed by atoms with Crippen LogP contribution in [0.2, 0.25) is 0 Å². The minimum atomic E-state index is 0. The first-order valence-corrected chi connectivity index (χ1v) is 10.9. The topological polar surface area (TPSA) is 30.5 Å². The molecule has 0 saturated carbocycles. The van der Waals surface area contributed by atoms with Crippen molar-refractivity contribution >= 4 is 5.69 Å². The van der Waals surface area contributed by atoms with E-state index in [1.165, 1.54) is 42.0 Å². The van der Waals surface area contributed by atoms with Crippen LogP contribution in [0.3, 0.4) is 0 Å². The van der Waals surface area contributed by atoms with Crippen LogP contribution in [0.15, 0.2) is 48.7 Å². The van der Waals surface area contributed by atoms with Crippen molar-refractivity contribution in [3.05, 3.63) is 54.5 Å². The van der Waals surface area contributed by atoms with Crippen molar-refractivity contribution in [3.8, 4) is 28.4 Å². The van der Waals surface area contributed by atoms with Crippen LogP contribution in [0.25, 0.3) is 16.9 Å². The van der Waals surface area contributed by atoms with Gasteiger partial charge in [0.05, 0.1) is 20.3 Å². The van der Waals surface area contributed by atoms with Crippen molar-refractivity contribution in [3.63, 3.8) is 0 Å². The van der Waals surface area contributed by atoms with Crippen LogP contribution in [0.5, 0.6) is 11.5 Å². The Morgan fingerprint density at radius 2 is 1.81 bits per heavy atom. The van der Waals surface area contributed by atoms with Gasteiger partial charge >= 0.3 is 0 Å². The fourth-order valence-electron chi connectivity index (χ4n) is 4.25. The Kier molecular flexibility index (Phi) is 7.65. The molecule has 1 aromatic heterocycles. The summed E-state index contributed by atoms with van der Waals surface area (Å²) in [6.07, 6.45) is 7.02. The molecule has 6 heteroatoms. The molecule has 4 rings (SSSR count). The van der Waals surface area contributed by atoms with Crippen LogP contribution in [-0.2, 0) is 13.0 Å². The lowest BCUT2D eigenvalue weighted by Crippen LogP contribution is -3.00. The Bertz CT molecular complexity index is 1010. The van der Waals surface area contributed by atoms with Gasteiger partial charge in [-0.3, -0.25) is 0 Å². The molecule has 0 aliphatic carbocycles. The number of benzene rings is 2. The van der Waals surface area contributed by atoms with Gasteiger partial charge in [-0.15, -0.1) is 0 Å². The molecule has 0 unspecified atom stereocenters. The summed E-state index contributed by atoms with van der Waals surface area (Å²) in [6, 6.07) is 14.9. The van der Waals surface area contributed by atoms with Crippen molar-refractivity contribution in [2.24, 2.45) is 0 Å². The smallest absolute Gasteiger partial charge is 0.262 e. The number of fused-ring (bicyclic) bond motifs is 1. The van der Waals surface area contributed by atoms with Gasteiger partial charge in [-0.2, -0.15) is 4.57 Å². The third-order valence-electron chi connectivity index (χ3n) is 5.82. The van der Waals surface area contributed by atoms with Gasteiger partial charge in [0.1, 0.15) is 11.9 Å². The van der Waals surface area contributed by atoms with Crippen LogP contribution in [0, 0.1) is 0 Å². The standard InChI is InChI=1S/C25H32N3O2.BrH/c1-5-30-21-14-15-22(24(17-21)29-4)28-18-23(27-16-8-6-7-9-25(27)28)19-10-12-20(13-11-19)26(2)3;/h10-15,17-18H,5-9,16H2,1-4H3;1H/q+1;/p-1. The summed E-state index contributed by atoms with van der Waals surface area (Å²) < 4.78 is 16.2. The number of hydrogen-bond donors (Lipinski definition) is 0. The van der Waals surface area contributed by atoms with Crippen molar-refractivity contribution in [1.82, 2.24) is 4.57 Å². The molecule has 0 amide bonds. The second-order valence-corrected chi connectivity index (χ2v) is 7.97. The van der Waals surface area contributed by atoms with Gasteiger partial charge in [-0.05, 0) is 62.6 Å². The van der Waals surface area contributed by atoms with E-state index in [9.17, 15) is 0 Å². The Labute approximate surface area is 196 Å². The monoisotopic (exact) mass is 485 g/mol. The molecule has 0 radical (unpaired) electrons. The first-order chi connectivity index (χ1) is 14.6. The van der Waals surface area contributed by atoms with E-state index in [-0.39, 0.29) is 17.0 Å². The second-order valence-electron chi connectivity index (χ2n) is 7.97. The number of rotatable bonds is 6. The molecule has 2 aromatic carbocycles. The number of ether oxygens (including phenoxy) is 2. The van der Waals surface area contributed by atoms with Gasteiger partial charge in [0.2, 0.25) is 0 Å². The Morgan fingerprint density at radius 3 is 2.48 bits per heavy atom. The van der Waals surface area contributed by atoms with Crippen LogP contribution in [-0.4, -0.2) is 32.4 Å². The maximum Gasteiger partial charge on any atom is 0.262 e. The van der Waals surface area contributed by atoms with Crippen LogP contribution in [0.1, 0.15) is 32.0 Å². The second kappa shape index (κ2) is 10.2. The first-order valence-electron chi connectivity index (χ1n) is 10.9. The fourth-order valence-corrected chi connectivity index (χ4v) is 4.25. The molecule has 0 atom stereocenters. The zero-order chi connectivity index (χ0) is 21.1. The van der Waals surface area contributed by atoms with Crippen LogP contribution >= 0.6 is 0 Å². The lowest BCUT2D eigenvalue weighted by atomic mass is 10.1. The van der Waals surface area contributed by atoms with E-state index >= 15 is 0 Å². The number of aromatic nitrogens is 2. The minimum absolute atomic E-state index is 0. The van der Waals surface area contributed by atoms with Gasteiger partial charge in [0.15, 0.2) is 17.1 Å². The molecule has 0 saturated heterocycles. The summed E-state index contributed by atoms with van der Waals surface area (Å²) in [5, 5.41) is 0. The number of anilines is 1. The predicted octanol–water partition coefficient (Wildman–Crippen LogP) is 1.64. The third-order valence-corrected chi connectivity index (χ3v) is 5.82. The van der Waals surface area contributed by atoms with E-state index < -0.39 is 0 Å². The van der Waals surface area contributed by atoms with Crippen molar-refractivity contribution in [2.45, 2.75) is 39.2 Å². The zero-order valence-electron chi connectivity index (χ0n) is 18.9. The molecular formula is C25H32BrN3O2. The maximum absolute atomic E-state index is 5.75. The van der Waals surface area contributed by atoms with Crippen molar-refractivity contribution in [1.29, 1.82) is 0 Å². The fraction of sp³-hybridized carbons (Fsp3) is 0.400. The summed E-state index contributed by atoms with van der Waals surface area (Å²) in [5.41, 5.74) is 4.77. The maximum atomic E-state index is 5.75. The highest BCUT2D eigenvalue weighted by atomic mass is 79.9. The van der Waals surface area contributed by atoms with E-state index in [1.54, 1.807) is 7.11 Å². The largest absolute Gasteiger partial charge is 1.00 e. The highest BCUT2D eigenvalue weighted by Crippen LogP contribution is 2.30. The lowest BCUT2D eigenvalue weighted by Gasteiger charge is -2.12. The van der Waals surface area contributed by atoms with E-state index in [0.717, 1.165) is 30.2 Å². The molecule has 0 bridgehead atoms. The normalized spacial score (nSPS) is 13.0. The summed E-state index contributed by atoms with van der Waals surface area (Å²) in [4.78, 5) is 2.13. The quantitative estimate of drug-likeness (QED) is 0.497. The number of imidazole rings is 1. The molecule has 0 fully saturated rings. The number of hydrogen-bond acceptors (Lipinski definition) is 3. The highest BCUT2D eigenvalue weighted by Gasteiger charge is 2.28. The molecule has 3 aromatic rings. The van der Waals surface area contributed by atoms with Gasteiger partial charge in [0.25, 0.3) is 5.82 Å². The summed E-state index contributed by atoms with van der Waals surface area (Å²) in [5.74, 6) is 3.00. The molecular weight excluding hydrogens is 454 g/mol. The van der Waals surface area contributed by atoms with E-state index in [0.29, 0.717) is 6.61 Å². The average Bonchev–Trinajstić information content (AvgIpc) is 2.94. The molecule has 166 valence electrons. The van der Waals surface area contributed by atoms with Crippen LogP contribution in [0.4, 0.5) is 5.69 Å². The molecule has 1 aliphatic rings. The Balaban J connectivity index is 0.00000272. The molecule has 5 nitrogen and oxygen atoms in total. The van der Waals surface area contributed by atoms with Crippen LogP contribution < -0.4 is 35.9 Å². The van der Waals surface area contributed by atoms with Crippen molar-refractivity contribution in [2.75, 3.05) is 32.7 Å².